The average Bonchev–Trinajstić information content (AvgIpc) is 2.60. The number of sulfonamides is 1. The predicted octanol–water partition coefficient (Wildman–Crippen LogP) is 2.21. The van der Waals surface area contributed by atoms with Crippen molar-refractivity contribution in [2.45, 2.75) is 18.0 Å². The molecule has 0 saturated carbocycles. The molecule has 2 N–H and O–H groups in total. The third-order valence-electron chi connectivity index (χ3n) is 3.57. The van der Waals surface area contributed by atoms with Crippen LogP contribution in [0.3, 0.4) is 0 Å². The van der Waals surface area contributed by atoms with Crippen molar-refractivity contribution >= 4 is 20.9 Å². The number of aliphatic hydroxyl groups excluding tert-OH is 1. The monoisotopic (exact) mass is 328 g/mol. The van der Waals surface area contributed by atoms with Gasteiger partial charge in [0.15, 0.2) is 0 Å². The summed E-state index contributed by atoms with van der Waals surface area (Å²) in [6.45, 7) is 0.152. The third kappa shape index (κ3) is 3.39. The minimum Gasteiger partial charge on any atom is -0.392 e. The molecule has 0 aliphatic heterocycles. The fraction of sp³-hybridized carbons (Fsp3) is 0.118. The molecule has 0 aliphatic carbocycles. The van der Waals surface area contributed by atoms with Gasteiger partial charge in [0.2, 0.25) is 10.0 Å². The number of pyridine rings is 1. The van der Waals surface area contributed by atoms with Gasteiger partial charge >= 0.3 is 0 Å². The zero-order valence-electron chi connectivity index (χ0n) is 12.3. The maximum absolute atomic E-state index is 12.6. The fourth-order valence-corrected chi connectivity index (χ4v) is 3.56. The van der Waals surface area contributed by atoms with Gasteiger partial charge < -0.3 is 5.11 Å². The van der Waals surface area contributed by atoms with Gasteiger partial charge in [0, 0.05) is 18.1 Å². The second kappa shape index (κ2) is 6.45. The van der Waals surface area contributed by atoms with Crippen molar-refractivity contribution in [3.8, 4) is 0 Å². The van der Waals surface area contributed by atoms with Crippen molar-refractivity contribution in [1.82, 2.24) is 9.71 Å². The summed E-state index contributed by atoms with van der Waals surface area (Å²) in [6, 6.07) is 15.6. The molecule has 0 atom stereocenters. The lowest BCUT2D eigenvalue weighted by Crippen LogP contribution is -2.23. The van der Waals surface area contributed by atoms with E-state index in [2.05, 4.69) is 9.71 Å². The first-order valence-electron chi connectivity index (χ1n) is 7.12. The van der Waals surface area contributed by atoms with Crippen LogP contribution < -0.4 is 4.72 Å². The van der Waals surface area contributed by atoms with Gasteiger partial charge in [-0.25, -0.2) is 13.1 Å². The molecule has 3 rings (SSSR count). The number of nitrogens with zero attached hydrogens (tertiary/aromatic N) is 1. The zero-order chi connectivity index (χ0) is 16.3. The highest BCUT2D eigenvalue weighted by Crippen LogP contribution is 2.21. The molecule has 0 aliphatic rings. The minimum absolute atomic E-state index is 0.0327. The summed E-state index contributed by atoms with van der Waals surface area (Å²) in [7, 11) is -3.64. The Kier molecular flexibility index (Phi) is 4.38. The number of hydrogen-bond acceptors (Lipinski definition) is 4. The van der Waals surface area contributed by atoms with E-state index in [1.54, 1.807) is 60.8 Å². The summed E-state index contributed by atoms with van der Waals surface area (Å²) in [6.07, 6.45) is 1.63. The maximum Gasteiger partial charge on any atom is 0.241 e. The molecule has 0 amide bonds. The van der Waals surface area contributed by atoms with E-state index in [1.165, 1.54) is 0 Å². The normalized spacial score (nSPS) is 11.7. The number of benzene rings is 2. The molecule has 0 radical (unpaired) electrons. The van der Waals surface area contributed by atoms with Gasteiger partial charge in [0.25, 0.3) is 0 Å². The van der Waals surface area contributed by atoms with Gasteiger partial charge in [-0.15, -0.1) is 0 Å². The second-order valence-electron chi connectivity index (χ2n) is 5.13. The molecule has 0 fully saturated rings. The van der Waals surface area contributed by atoms with Crippen molar-refractivity contribution in [2.24, 2.45) is 0 Å². The van der Waals surface area contributed by atoms with Gasteiger partial charge in [-0.3, -0.25) is 4.98 Å². The summed E-state index contributed by atoms with van der Waals surface area (Å²) in [5, 5.41) is 9.61. The van der Waals surface area contributed by atoms with Crippen LogP contribution in [-0.2, 0) is 23.2 Å². The maximum atomic E-state index is 12.6. The van der Waals surface area contributed by atoms with Crippen LogP contribution in [0.25, 0.3) is 10.9 Å². The summed E-state index contributed by atoms with van der Waals surface area (Å²) in [5.41, 5.74) is 2.25. The molecule has 3 aromatic rings. The smallest absolute Gasteiger partial charge is 0.241 e. The van der Waals surface area contributed by atoms with Crippen LogP contribution >= 0.6 is 0 Å². The van der Waals surface area contributed by atoms with Crippen LogP contribution in [-0.4, -0.2) is 18.5 Å². The molecule has 1 heterocycles. The van der Waals surface area contributed by atoms with E-state index >= 15 is 0 Å². The lowest BCUT2D eigenvalue weighted by atomic mass is 10.1. The Balaban J connectivity index is 1.85. The zero-order valence-corrected chi connectivity index (χ0v) is 13.1. The molecule has 2 aromatic carbocycles. The van der Waals surface area contributed by atoms with E-state index in [9.17, 15) is 8.42 Å². The van der Waals surface area contributed by atoms with Crippen molar-refractivity contribution in [2.75, 3.05) is 0 Å². The van der Waals surface area contributed by atoms with E-state index < -0.39 is 10.0 Å². The summed E-state index contributed by atoms with van der Waals surface area (Å²) in [5.74, 6) is 0. The fourth-order valence-electron chi connectivity index (χ4n) is 2.33. The molecular formula is C17H16N2O3S. The minimum atomic E-state index is -3.64. The van der Waals surface area contributed by atoms with Crippen molar-refractivity contribution in [3.05, 3.63) is 71.9 Å². The molecule has 0 spiro atoms. The average molecular weight is 328 g/mol. The first kappa shape index (κ1) is 15.6. The van der Waals surface area contributed by atoms with E-state index in [1.807, 2.05) is 0 Å². The quantitative estimate of drug-likeness (QED) is 0.752. The predicted molar refractivity (Wildman–Crippen MR) is 88.1 cm³/mol. The Morgan fingerprint density at radius 1 is 0.957 bits per heavy atom. The Hall–Kier alpha value is -2.28. The Morgan fingerprint density at radius 2 is 1.70 bits per heavy atom. The van der Waals surface area contributed by atoms with Gasteiger partial charge in [-0.05, 0) is 35.4 Å². The lowest BCUT2D eigenvalue weighted by molar-refractivity contribution is 0.282. The SMILES string of the molecule is O=S(=O)(NCc1ccc(CO)cc1)c1cccc2ncccc12. The van der Waals surface area contributed by atoms with Crippen LogP contribution in [0.4, 0.5) is 0 Å². The number of rotatable bonds is 5. The standard InChI is InChI=1S/C17H16N2O3S/c20-12-14-8-6-13(7-9-14)11-19-23(21,22)17-5-1-4-16-15(17)3-2-10-18-16/h1-10,19-20H,11-12H2. The highest BCUT2D eigenvalue weighted by molar-refractivity contribution is 7.89. The lowest BCUT2D eigenvalue weighted by Gasteiger charge is -2.09. The largest absolute Gasteiger partial charge is 0.392 e. The van der Waals surface area contributed by atoms with E-state index in [0.717, 1.165) is 11.1 Å². The molecule has 118 valence electrons. The van der Waals surface area contributed by atoms with E-state index in [-0.39, 0.29) is 18.0 Å². The van der Waals surface area contributed by atoms with Gasteiger partial charge in [0.05, 0.1) is 17.0 Å². The molecule has 1 aromatic heterocycles. The molecule has 6 heteroatoms. The topological polar surface area (TPSA) is 79.3 Å². The van der Waals surface area contributed by atoms with Gasteiger partial charge in [0.1, 0.15) is 0 Å². The Labute approximate surface area is 134 Å². The number of aromatic nitrogens is 1. The number of nitrogens with one attached hydrogen (secondary N) is 1. The number of hydrogen-bond donors (Lipinski definition) is 2. The first-order chi connectivity index (χ1) is 11.1. The Bertz CT molecular complexity index is 917. The Morgan fingerprint density at radius 3 is 2.43 bits per heavy atom. The molecule has 23 heavy (non-hydrogen) atoms. The second-order valence-corrected chi connectivity index (χ2v) is 6.86. The first-order valence-corrected chi connectivity index (χ1v) is 8.60. The molecule has 0 unspecified atom stereocenters. The number of fused-ring (bicyclic) bond motifs is 1. The van der Waals surface area contributed by atoms with Crippen molar-refractivity contribution < 1.29 is 13.5 Å². The van der Waals surface area contributed by atoms with Crippen LogP contribution in [0.1, 0.15) is 11.1 Å². The van der Waals surface area contributed by atoms with E-state index in [4.69, 9.17) is 5.11 Å². The highest BCUT2D eigenvalue weighted by atomic mass is 32.2. The van der Waals surface area contributed by atoms with Crippen LogP contribution in [0.2, 0.25) is 0 Å². The van der Waals surface area contributed by atoms with Crippen LogP contribution in [0.15, 0.2) is 65.7 Å². The van der Waals surface area contributed by atoms with E-state index in [0.29, 0.717) is 10.9 Å². The molecule has 0 bridgehead atoms. The van der Waals surface area contributed by atoms with Crippen LogP contribution in [0.5, 0.6) is 0 Å². The molecule has 5 nitrogen and oxygen atoms in total. The highest BCUT2D eigenvalue weighted by Gasteiger charge is 2.17. The van der Waals surface area contributed by atoms with Crippen molar-refractivity contribution in [3.63, 3.8) is 0 Å². The summed E-state index contributed by atoms with van der Waals surface area (Å²) < 4.78 is 27.7. The summed E-state index contributed by atoms with van der Waals surface area (Å²) >= 11 is 0. The van der Waals surface area contributed by atoms with Crippen molar-refractivity contribution in [1.29, 1.82) is 0 Å². The van der Waals surface area contributed by atoms with Gasteiger partial charge in [-0.1, -0.05) is 30.3 Å². The number of aliphatic hydroxyl groups is 1. The summed E-state index contributed by atoms with van der Waals surface area (Å²) in [4.78, 5) is 4.39. The van der Waals surface area contributed by atoms with Gasteiger partial charge in [-0.2, -0.15) is 0 Å². The third-order valence-corrected chi connectivity index (χ3v) is 5.03. The molecule has 0 saturated heterocycles. The molecular weight excluding hydrogens is 312 g/mol. The van der Waals surface area contributed by atoms with Crippen LogP contribution in [0, 0.1) is 0 Å².